The van der Waals surface area contributed by atoms with Crippen LogP contribution in [0.4, 0.5) is 0 Å². The normalized spacial score (nSPS) is 13.6. The molecule has 7 nitrogen and oxygen atoms in total. The standard InChI is InChI=1S/C25H21N5O2S/c1-14-8-10-33-21(14)22-27-28-23-24(31)26-19-12-18(15(2)11-20(19)30(22)23)25(32)29-9-7-16-5-3-4-6-17(16)13-29/h3-6,8,10-12H,7,9,13H2,1-2H3,(H,26,31). The summed E-state index contributed by atoms with van der Waals surface area (Å²) in [6.07, 6.45) is 0.843. The van der Waals surface area contributed by atoms with Crippen LogP contribution in [0.25, 0.3) is 27.4 Å². The molecule has 0 fully saturated rings. The Morgan fingerprint density at radius 2 is 1.88 bits per heavy atom. The Hall–Kier alpha value is -3.78. The second-order valence-electron chi connectivity index (χ2n) is 8.50. The maximum atomic E-state index is 13.5. The lowest BCUT2D eigenvalue weighted by Crippen LogP contribution is -2.36. The molecule has 1 N–H and O–H groups in total. The highest BCUT2D eigenvalue weighted by atomic mass is 32.1. The summed E-state index contributed by atoms with van der Waals surface area (Å²) in [4.78, 5) is 32.0. The zero-order chi connectivity index (χ0) is 22.7. The van der Waals surface area contributed by atoms with E-state index in [4.69, 9.17) is 0 Å². The third kappa shape index (κ3) is 3.09. The molecule has 3 aromatic heterocycles. The first-order valence-electron chi connectivity index (χ1n) is 10.8. The number of carbonyl (C=O) groups is 1. The predicted molar refractivity (Wildman–Crippen MR) is 129 cm³/mol. The van der Waals surface area contributed by atoms with Crippen LogP contribution >= 0.6 is 11.3 Å². The number of nitrogens with zero attached hydrogens (tertiary/aromatic N) is 4. The van der Waals surface area contributed by atoms with Gasteiger partial charge in [-0.2, -0.15) is 0 Å². The molecule has 0 radical (unpaired) electrons. The lowest BCUT2D eigenvalue weighted by molar-refractivity contribution is 0.0734. The lowest BCUT2D eigenvalue weighted by atomic mass is 9.98. The van der Waals surface area contributed by atoms with Gasteiger partial charge < -0.3 is 9.88 Å². The van der Waals surface area contributed by atoms with Gasteiger partial charge in [0.05, 0.1) is 15.9 Å². The molecule has 2 aromatic carbocycles. The molecule has 4 heterocycles. The third-order valence-corrected chi connectivity index (χ3v) is 7.42. The van der Waals surface area contributed by atoms with Gasteiger partial charge in [-0.1, -0.05) is 24.3 Å². The van der Waals surface area contributed by atoms with E-state index < -0.39 is 0 Å². The quantitative estimate of drug-likeness (QED) is 0.434. The first-order chi connectivity index (χ1) is 16.0. The fraction of sp³-hybridized carbons (Fsp3) is 0.200. The molecule has 6 rings (SSSR count). The number of benzene rings is 2. The summed E-state index contributed by atoms with van der Waals surface area (Å²) in [7, 11) is 0. The topological polar surface area (TPSA) is 83.4 Å². The van der Waals surface area contributed by atoms with E-state index in [1.54, 1.807) is 21.8 Å². The molecule has 0 spiro atoms. The molecule has 0 aliphatic carbocycles. The molecule has 1 amide bonds. The lowest BCUT2D eigenvalue weighted by Gasteiger charge is -2.29. The van der Waals surface area contributed by atoms with Crippen molar-refractivity contribution in [1.82, 2.24) is 24.5 Å². The van der Waals surface area contributed by atoms with Gasteiger partial charge in [0.2, 0.25) is 5.65 Å². The summed E-state index contributed by atoms with van der Waals surface area (Å²) in [6, 6.07) is 14.0. The number of aromatic nitrogens is 4. The smallest absolute Gasteiger partial charge is 0.294 e. The van der Waals surface area contributed by atoms with Crippen LogP contribution in [0, 0.1) is 13.8 Å². The monoisotopic (exact) mass is 455 g/mol. The largest absolute Gasteiger partial charge is 0.334 e. The number of aryl methyl sites for hydroxylation is 2. The summed E-state index contributed by atoms with van der Waals surface area (Å²) < 4.78 is 1.80. The highest BCUT2D eigenvalue weighted by molar-refractivity contribution is 7.13. The molecule has 5 aromatic rings. The van der Waals surface area contributed by atoms with Gasteiger partial charge in [0.1, 0.15) is 0 Å². The summed E-state index contributed by atoms with van der Waals surface area (Å²) in [6.45, 7) is 5.22. The minimum Gasteiger partial charge on any atom is -0.334 e. The molecular weight excluding hydrogens is 434 g/mol. The first-order valence-corrected chi connectivity index (χ1v) is 11.7. The highest BCUT2D eigenvalue weighted by Gasteiger charge is 2.24. The van der Waals surface area contributed by atoms with Crippen LogP contribution in [0.3, 0.4) is 0 Å². The Morgan fingerprint density at radius 1 is 1.06 bits per heavy atom. The van der Waals surface area contributed by atoms with Crippen molar-refractivity contribution in [2.45, 2.75) is 26.8 Å². The molecule has 0 atom stereocenters. The van der Waals surface area contributed by atoms with E-state index in [1.807, 2.05) is 48.4 Å². The summed E-state index contributed by atoms with van der Waals surface area (Å²) >= 11 is 1.57. The number of nitrogens with one attached hydrogen (secondary N) is 1. The van der Waals surface area contributed by atoms with Crippen molar-refractivity contribution in [2.24, 2.45) is 0 Å². The van der Waals surface area contributed by atoms with Gasteiger partial charge in [0.25, 0.3) is 11.5 Å². The molecular formula is C25H21N5O2S. The Kier molecular flexibility index (Phi) is 4.45. The van der Waals surface area contributed by atoms with E-state index in [0.717, 1.165) is 27.9 Å². The molecule has 33 heavy (non-hydrogen) atoms. The Bertz CT molecular complexity index is 1630. The first kappa shape index (κ1) is 19.9. The average Bonchev–Trinajstić information content (AvgIpc) is 3.45. The number of amides is 1. The van der Waals surface area contributed by atoms with Crippen molar-refractivity contribution in [2.75, 3.05) is 6.54 Å². The van der Waals surface area contributed by atoms with E-state index >= 15 is 0 Å². The maximum Gasteiger partial charge on any atom is 0.294 e. The number of fused-ring (bicyclic) bond motifs is 4. The van der Waals surface area contributed by atoms with E-state index in [-0.39, 0.29) is 17.1 Å². The van der Waals surface area contributed by atoms with Gasteiger partial charge in [0, 0.05) is 18.7 Å². The zero-order valence-corrected chi connectivity index (χ0v) is 19.1. The minimum atomic E-state index is -0.329. The second kappa shape index (κ2) is 7.38. The molecule has 0 unspecified atom stereocenters. The molecule has 1 aliphatic rings. The molecule has 0 bridgehead atoms. The van der Waals surface area contributed by atoms with Crippen molar-refractivity contribution >= 4 is 33.9 Å². The van der Waals surface area contributed by atoms with Crippen molar-refractivity contribution in [3.63, 3.8) is 0 Å². The summed E-state index contributed by atoms with van der Waals surface area (Å²) in [5.41, 5.74) is 6.29. The predicted octanol–water partition coefficient (Wildman–Crippen LogP) is 4.11. The Labute approximate surface area is 193 Å². The number of hydrogen-bond acceptors (Lipinski definition) is 5. The molecule has 0 saturated carbocycles. The zero-order valence-electron chi connectivity index (χ0n) is 18.3. The van der Waals surface area contributed by atoms with Crippen LogP contribution in [0.15, 0.2) is 52.6 Å². The van der Waals surface area contributed by atoms with Gasteiger partial charge >= 0.3 is 0 Å². The van der Waals surface area contributed by atoms with Gasteiger partial charge in [-0.05, 0) is 66.1 Å². The number of thiophene rings is 1. The molecule has 164 valence electrons. The van der Waals surface area contributed by atoms with Crippen LogP contribution in [0.1, 0.15) is 32.6 Å². The van der Waals surface area contributed by atoms with Gasteiger partial charge in [0.15, 0.2) is 5.82 Å². The van der Waals surface area contributed by atoms with E-state index in [1.165, 1.54) is 11.1 Å². The number of carbonyl (C=O) groups excluding carboxylic acids is 1. The maximum absolute atomic E-state index is 13.5. The summed E-state index contributed by atoms with van der Waals surface area (Å²) in [5.74, 6) is 0.614. The number of hydrogen-bond donors (Lipinski definition) is 1. The second-order valence-corrected chi connectivity index (χ2v) is 9.42. The van der Waals surface area contributed by atoms with Crippen molar-refractivity contribution < 1.29 is 4.79 Å². The van der Waals surface area contributed by atoms with Crippen LogP contribution in [-0.4, -0.2) is 36.9 Å². The summed E-state index contributed by atoms with van der Waals surface area (Å²) in [5, 5.41) is 10.5. The fourth-order valence-electron chi connectivity index (χ4n) is 4.63. The third-order valence-electron chi connectivity index (χ3n) is 6.41. The van der Waals surface area contributed by atoms with E-state index in [9.17, 15) is 9.59 Å². The average molecular weight is 456 g/mol. The van der Waals surface area contributed by atoms with Crippen LogP contribution in [0.5, 0.6) is 0 Å². The number of rotatable bonds is 2. The Morgan fingerprint density at radius 3 is 2.67 bits per heavy atom. The van der Waals surface area contributed by atoms with Gasteiger partial charge in [-0.3, -0.25) is 14.0 Å². The molecule has 8 heteroatoms. The SMILES string of the molecule is Cc1cc2c(cc1C(=O)N1CCc3ccccc3C1)[nH]c(=O)c1nnc(-c3sccc3C)n12. The number of H-pyrrole nitrogens is 1. The highest BCUT2D eigenvalue weighted by Crippen LogP contribution is 2.30. The van der Waals surface area contributed by atoms with Crippen LogP contribution in [0.2, 0.25) is 0 Å². The van der Waals surface area contributed by atoms with Crippen LogP contribution < -0.4 is 5.56 Å². The molecule has 1 aliphatic heterocycles. The van der Waals surface area contributed by atoms with E-state index in [0.29, 0.717) is 30.0 Å². The number of aromatic amines is 1. The van der Waals surface area contributed by atoms with Gasteiger partial charge in [-0.25, -0.2) is 0 Å². The van der Waals surface area contributed by atoms with Crippen molar-refractivity contribution in [1.29, 1.82) is 0 Å². The van der Waals surface area contributed by atoms with Crippen molar-refractivity contribution in [3.8, 4) is 10.7 Å². The van der Waals surface area contributed by atoms with Crippen molar-refractivity contribution in [3.05, 3.63) is 86.0 Å². The minimum absolute atomic E-state index is 0.0251. The Balaban J connectivity index is 1.48. The van der Waals surface area contributed by atoms with E-state index in [2.05, 4.69) is 27.3 Å². The van der Waals surface area contributed by atoms with Crippen LogP contribution in [-0.2, 0) is 13.0 Å². The fourth-order valence-corrected chi connectivity index (χ4v) is 5.53. The van der Waals surface area contributed by atoms with Gasteiger partial charge in [-0.15, -0.1) is 21.5 Å². The molecule has 0 saturated heterocycles.